The molecule has 0 atom stereocenters. The predicted molar refractivity (Wildman–Crippen MR) is 142 cm³/mol. The van der Waals surface area contributed by atoms with Gasteiger partial charge in [0.25, 0.3) is 0 Å². The lowest BCUT2D eigenvalue weighted by molar-refractivity contribution is -0.140. The molecule has 172 valence electrons. The van der Waals surface area contributed by atoms with Gasteiger partial charge in [0.05, 0.1) is 16.4 Å². The Balaban J connectivity index is 1.61. The molecule has 5 rings (SSSR count). The fraction of sp³-hybridized carbons (Fsp3) is 0.214. The number of thioether (sulfide) groups is 1. The summed E-state index contributed by atoms with van der Waals surface area (Å²) in [6.07, 6.45) is 2.28. The van der Waals surface area contributed by atoms with Crippen LogP contribution >= 0.6 is 11.8 Å². The van der Waals surface area contributed by atoms with E-state index in [-0.39, 0.29) is 0 Å². The van der Waals surface area contributed by atoms with Crippen molar-refractivity contribution in [2.24, 2.45) is 5.16 Å². The summed E-state index contributed by atoms with van der Waals surface area (Å²) in [5.41, 5.74) is 6.45. The van der Waals surface area contributed by atoms with Crippen LogP contribution in [0, 0.1) is 0 Å². The summed E-state index contributed by atoms with van der Waals surface area (Å²) in [6.45, 7) is 9.38. The molecular formula is C28H27N3O2S. The molecule has 1 aliphatic heterocycles. The zero-order chi connectivity index (χ0) is 23.8. The molecular weight excluding hydrogens is 442 g/mol. The zero-order valence-corrected chi connectivity index (χ0v) is 20.6. The second kappa shape index (κ2) is 9.03. The summed E-state index contributed by atoms with van der Waals surface area (Å²) in [6, 6.07) is 21.6. The van der Waals surface area contributed by atoms with Crippen LogP contribution in [0.15, 0.2) is 75.7 Å². The van der Waals surface area contributed by atoms with Gasteiger partial charge in [-0.3, -0.25) is 0 Å². The van der Waals surface area contributed by atoms with Crippen LogP contribution in [0.3, 0.4) is 0 Å². The zero-order valence-electron chi connectivity index (χ0n) is 19.8. The Labute approximate surface area is 203 Å². The van der Waals surface area contributed by atoms with E-state index < -0.39 is 5.97 Å². The van der Waals surface area contributed by atoms with Gasteiger partial charge in [-0.05, 0) is 74.4 Å². The fourth-order valence-electron chi connectivity index (χ4n) is 4.59. The van der Waals surface area contributed by atoms with Crippen molar-refractivity contribution in [1.29, 1.82) is 0 Å². The van der Waals surface area contributed by atoms with Gasteiger partial charge in [0.2, 0.25) is 0 Å². The first-order valence-corrected chi connectivity index (χ1v) is 12.4. The molecule has 0 amide bonds. The number of benzene rings is 3. The number of nitrogens with zero attached hydrogens (tertiary/aromatic N) is 3. The average Bonchev–Trinajstić information content (AvgIpc) is 3.36. The SMILES string of the molecule is CCN1/C(=C/c2ccc3c(c2)c2cc(/C(C)=N/OC(C)=O)ccc2n3CC)Sc2ccccc21. The topological polar surface area (TPSA) is 46.8 Å². The minimum Gasteiger partial charge on any atom is -0.341 e. The van der Waals surface area contributed by atoms with Gasteiger partial charge in [-0.25, -0.2) is 4.79 Å². The summed E-state index contributed by atoms with van der Waals surface area (Å²) in [7, 11) is 0. The number of fused-ring (bicyclic) bond motifs is 4. The Morgan fingerprint density at radius 1 is 0.971 bits per heavy atom. The first kappa shape index (κ1) is 22.3. The molecule has 0 saturated heterocycles. The van der Waals surface area contributed by atoms with Gasteiger partial charge in [-0.2, -0.15) is 0 Å². The molecule has 6 heteroatoms. The molecule has 34 heavy (non-hydrogen) atoms. The lowest BCUT2D eigenvalue weighted by Gasteiger charge is -2.18. The van der Waals surface area contributed by atoms with Crippen molar-refractivity contribution in [3.8, 4) is 0 Å². The van der Waals surface area contributed by atoms with Crippen molar-refractivity contribution in [3.63, 3.8) is 0 Å². The highest BCUT2D eigenvalue weighted by Gasteiger charge is 2.23. The van der Waals surface area contributed by atoms with Crippen molar-refractivity contribution in [2.75, 3.05) is 11.4 Å². The third kappa shape index (κ3) is 3.88. The molecule has 0 radical (unpaired) electrons. The second-order valence-corrected chi connectivity index (χ2v) is 9.37. The fourth-order valence-corrected chi connectivity index (χ4v) is 5.78. The number of anilines is 1. The molecule has 1 aliphatic rings. The number of aromatic nitrogens is 1. The van der Waals surface area contributed by atoms with Crippen LogP contribution < -0.4 is 4.90 Å². The molecule has 0 N–H and O–H groups in total. The maximum absolute atomic E-state index is 11.2. The highest BCUT2D eigenvalue weighted by atomic mass is 32.2. The van der Waals surface area contributed by atoms with Crippen LogP contribution in [-0.4, -0.2) is 22.8 Å². The van der Waals surface area contributed by atoms with Gasteiger partial charge in [0, 0.05) is 46.7 Å². The van der Waals surface area contributed by atoms with Crippen molar-refractivity contribution in [1.82, 2.24) is 4.57 Å². The number of carbonyl (C=O) groups excluding carboxylic acids is 1. The molecule has 0 unspecified atom stereocenters. The summed E-state index contributed by atoms with van der Waals surface area (Å²) in [5.74, 6) is -0.422. The molecule has 0 aliphatic carbocycles. The molecule has 0 fully saturated rings. The number of carbonyl (C=O) groups is 1. The molecule has 0 bridgehead atoms. The van der Waals surface area contributed by atoms with Gasteiger partial charge in [0.15, 0.2) is 0 Å². The van der Waals surface area contributed by atoms with E-state index in [1.807, 2.05) is 24.8 Å². The van der Waals surface area contributed by atoms with E-state index in [0.29, 0.717) is 5.71 Å². The molecule has 2 heterocycles. The quantitative estimate of drug-likeness (QED) is 0.179. The van der Waals surface area contributed by atoms with Gasteiger partial charge < -0.3 is 14.3 Å². The predicted octanol–water partition coefficient (Wildman–Crippen LogP) is 7.03. The lowest BCUT2D eigenvalue weighted by atomic mass is 10.1. The van der Waals surface area contributed by atoms with E-state index in [9.17, 15) is 4.79 Å². The number of hydrogen-bond acceptors (Lipinski definition) is 5. The van der Waals surface area contributed by atoms with E-state index in [2.05, 4.69) is 89.1 Å². The van der Waals surface area contributed by atoms with Crippen LogP contribution in [0.25, 0.3) is 27.9 Å². The van der Waals surface area contributed by atoms with E-state index in [1.54, 1.807) is 0 Å². The van der Waals surface area contributed by atoms with E-state index in [1.165, 1.54) is 49.9 Å². The Hall–Kier alpha value is -3.51. The second-order valence-electron chi connectivity index (χ2n) is 8.31. The Kier molecular flexibility index (Phi) is 5.92. The number of hydrogen-bond donors (Lipinski definition) is 0. The summed E-state index contributed by atoms with van der Waals surface area (Å²) in [4.78, 5) is 19.7. The van der Waals surface area contributed by atoms with Crippen LogP contribution in [0.1, 0.15) is 38.8 Å². The van der Waals surface area contributed by atoms with Gasteiger partial charge in [-0.15, -0.1) is 0 Å². The summed E-state index contributed by atoms with van der Waals surface area (Å²) in [5, 5.41) is 7.59. The molecule has 4 aromatic rings. The summed E-state index contributed by atoms with van der Waals surface area (Å²) >= 11 is 1.82. The smallest absolute Gasteiger partial charge is 0.331 e. The Bertz CT molecular complexity index is 1480. The third-order valence-corrected chi connectivity index (χ3v) is 7.29. The minimum absolute atomic E-state index is 0.422. The van der Waals surface area contributed by atoms with Gasteiger partial charge in [-0.1, -0.05) is 41.2 Å². The Morgan fingerprint density at radius 2 is 1.71 bits per heavy atom. The van der Waals surface area contributed by atoms with Crippen molar-refractivity contribution < 1.29 is 9.63 Å². The number of oxime groups is 1. The number of rotatable bonds is 5. The average molecular weight is 470 g/mol. The normalized spacial score (nSPS) is 14.9. The van der Waals surface area contributed by atoms with E-state index in [0.717, 1.165) is 18.7 Å². The maximum Gasteiger partial charge on any atom is 0.331 e. The maximum atomic E-state index is 11.2. The largest absolute Gasteiger partial charge is 0.341 e. The van der Waals surface area contributed by atoms with E-state index in [4.69, 9.17) is 4.84 Å². The van der Waals surface area contributed by atoms with Crippen LogP contribution in [-0.2, 0) is 16.2 Å². The van der Waals surface area contributed by atoms with Crippen molar-refractivity contribution >= 4 is 57.0 Å². The third-order valence-electron chi connectivity index (χ3n) is 6.18. The first-order chi connectivity index (χ1) is 16.5. The van der Waals surface area contributed by atoms with Crippen molar-refractivity contribution in [2.45, 2.75) is 39.1 Å². The monoisotopic (exact) mass is 469 g/mol. The lowest BCUT2D eigenvalue weighted by Crippen LogP contribution is -2.16. The van der Waals surface area contributed by atoms with Crippen molar-refractivity contribution in [3.05, 3.63) is 76.8 Å². The van der Waals surface area contributed by atoms with Crippen LogP contribution in [0.5, 0.6) is 0 Å². The van der Waals surface area contributed by atoms with Crippen LogP contribution in [0.2, 0.25) is 0 Å². The number of para-hydroxylation sites is 1. The first-order valence-electron chi connectivity index (χ1n) is 11.5. The van der Waals surface area contributed by atoms with Crippen LogP contribution in [0.4, 0.5) is 5.69 Å². The standard InChI is InChI=1S/C28H27N3O2S/c1-5-30-24-13-11-20(16-28-31(6-2)26-9-7-8-10-27(26)34-28)15-22(24)23-17-21(12-14-25(23)30)18(3)29-33-19(4)32/h7-17H,5-6H2,1-4H3/b28-16-,29-18+. The highest BCUT2D eigenvalue weighted by Crippen LogP contribution is 2.46. The highest BCUT2D eigenvalue weighted by molar-refractivity contribution is 8.03. The summed E-state index contributed by atoms with van der Waals surface area (Å²) < 4.78 is 2.34. The molecule has 0 spiro atoms. The van der Waals surface area contributed by atoms with Gasteiger partial charge in [0.1, 0.15) is 0 Å². The molecule has 5 nitrogen and oxygen atoms in total. The van der Waals surface area contributed by atoms with Gasteiger partial charge >= 0.3 is 5.97 Å². The minimum atomic E-state index is -0.422. The molecule has 0 saturated carbocycles. The molecule has 3 aromatic carbocycles. The Morgan fingerprint density at radius 3 is 2.44 bits per heavy atom. The number of aryl methyl sites for hydroxylation is 1. The molecule has 1 aromatic heterocycles. The van der Waals surface area contributed by atoms with E-state index >= 15 is 0 Å².